The number of anilines is 2. The summed E-state index contributed by atoms with van der Waals surface area (Å²) in [7, 11) is -3.50. The highest BCUT2D eigenvalue weighted by molar-refractivity contribution is 7.92. The van der Waals surface area contributed by atoms with Crippen molar-refractivity contribution in [2.24, 2.45) is 0 Å². The number of hydrogen-bond donors (Lipinski definition) is 2. The Morgan fingerprint density at radius 2 is 1.97 bits per heavy atom. The monoisotopic (exact) mass is 444 g/mol. The molecular formula is C19H20N6O5S. The molecule has 0 atom stereocenters. The Hall–Kier alpha value is -3.80. The van der Waals surface area contributed by atoms with Crippen LogP contribution in [0.25, 0.3) is 5.69 Å². The van der Waals surface area contributed by atoms with Crippen LogP contribution in [0.5, 0.6) is 0 Å². The molecule has 1 heterocycles. The molecule has 0 radical (unpaired) electrons. The van der Waals surface area contributed by atoms with Gasteiger partial charge in [0.1, 0.15) is 18.3 Å². The van der Waals surface area contributed by atoms with Gasteiger partial charge in [-0.1, -0.05) is 13.0 Å². The van der Waals surface area contributed by atoms with E-state index in [0.29, 0.717) is 23.4 Å². The van der Waals surface area contributed by atoms with Crippen molar-refractivity contribution < 1.29 is 18.1 Å². The highest BCUT2D eigenvalue weighted by atomic mass is 32.2. The van der Waals surface area contributed by atoms with Crippen LogP contribution in [-0.2, 0) is 10.0 Å². The van der Waals surface area contributed by atoms with Crippen molar-refractivity contribution in [2.45, 2.75) is 20.3 Å². The molecule has 1 aromatic heterocycles. The summed E-state index contributed by atoms with van der Waals surface area (Å²) in [6.45, 7) is 3.42. The first kappa shape index (κ1) is 21.9. The Bertz CT molecular complexity index is 1220. The number of rotatable bonds is 8. The molecule has 3 rings (SSSR count). The standard InChI is InChI=1S/C19H20N6O5S/c1-3-9-31(29,30)23-16-6-4-5-15(13(16)2)22-19(26)14-7-8-17(18(10-14)25(27)28)24-12-20-11-21-24/h4-8,10-12,23H,3,9H2,1-2H3,(H,22,26). The third-order valence-electron chi connectivity index (χ3n) is 4.42. The largest absolute Gasteiger partial charge is 0.322 e. The summed E-state index contributed by atoms with van der Waals surface area (Å²) in [6, 6.07) is 8.80. The number of aromatic nitrogens is 3. The van der Waals surface area contributed by atoms with Crippen LogP contribution < -0.4 is 10.0 Å². The minimum absolute atomic E-state index is 0.0230. The van der Waals surface area contributed by atoms with Gasteiger partial charge >= 0.3 is 0 Å². The van der Waals surface area contributed by atoms with Crippen molar-refractivity contribution >= 4 is 33.0 Å². The second-order valence-corrected chi connectivity index (χ2v) is 8.50. The molecule has 31 heavy (non-hydrogen) atoms. The number of nitrogens with zero attached hydrogens (tertiary/aromatic N) is 4. The number of nitro groups is 1. The fourth-order valence-corrected chi connectivity index (χ4v) is 4.10. The average molecular weight is 444 g/mol. The van der Waals surface area contributed by atoms with E-state index < -0.39 is 20.9 Å². The minimum Gasteiger partial charge on any atom is -0.322 e. The van der Waals surface area contributed by atoms with Gasteiger partial charge in [0.2, 0.25) is 10.0 Å². The van der Waals surface area contributed by atoms with Crippen molar-refractivity contribution in [3.8, 4) is 5.69 Å². The lowest BCUT2D eigenvalue weighted by molar-refractivity contribution is -0.384. The maximum absolute atomic E-state index is 12.7. The Morgan fingerprint density at radius 1 is 1.23 bits per heavy atom. The summed E-state index contributed by atoms with van der Waals surface area (Å²) in [5.41, 5.74) is 1.16. The molecule has 2 N–H and O–H groups in total. The first-order chi connectivity index (χ1) is 14.7. The third kappa shape index (κ3) is 5.04. The lowest BCUT2D eigenvalue weighted by Gasteiger charge is -2.14. The van der Waals surface area contributed by atoms with Gasteiger partial charge in [0.05, 0.1) is 16.4 Å². The van der Waals surface area contributed by atoms with E-state index in [-0.39, 0.29) is 22.7 Å². The Kier molecular flexibility index (Phi) is 6.30. The van der Waals surface area contributed by atoms with Crippen molar-refractivity contribution in [1.29, 1.82) is 0 Å². The molecular weight excluding hydrogens is 424 g/mol. The Labute approximate surface area is 178 Å². The first-order valence-corrected chi connectivity index (χ1v) is 10.9. The number of nitrogens with one attached hydrogen (secondary N) is 2. The van der Waals surface area contributed by atoms with Crippen molar-refractivity contribution in [2.75, 3.05) is 15.8 Å². The van der Waals surface area contributed by atoms with Gasteiger partial charge in [-0.05, 0) is 43.2 Å². The maximum Gasteiger partial charge on any atom is 0.295 e. The summed E-state index contributed by atoms with van der Waals surface area (Å²) in [6.07, 6.45) is 3.03. The molecule has 11 nitrogen and oxygen atoms in total. The van der Waals surface area contributed by atoms with Crippen LogP contribution in [0.15, 0.2) is 49.1 Å². The fraction of sp³-hybridized carbons (Fsp3) is 0.211. The summed E-state index contributed by atoms with van der Waals surface area (Å²) < 4.78 is 27.9. The quantitative estimate of drug-likeness (QED) is 0.401. The Balaban J connectivity index is 1.88. The second kappa shape index (κ2) is 8.92. The van der Waals surface area contributed by atoms with Gasteiger partial charge < -0.3 is 5.32 Å². The second-order valence-electron chi connectivity index (χ2n) is 6.65. The number of sulfonamides is 1. The molecule has 0 aliphatic heterocycles. The summed E-state index contributed by atoms with van der Waals surface area (Å²) in [5.74, 6) is -0.602. The lowest BCUT2D eigenvalue weighted by Crippen LogP contribution is -2.18. The molecule has 0 bridgehead atoms. The highest BCUT2D eigenvalue weighted by Gasteiger charge is 2.20. The highest BCUT2D eigenvalue weighted by Crippen LogP contribution is 2.27. The number of nitro benzene ring substituents is 1. The number of hydrogen-bond acceptors (Lipinski definition) is 7. The zero-order valence-corrected chi connectivity index (χ0v) is 17.6. The van der Waals surface area contributed by atoms with Gasteiger partial charge in [-0.3, -0.25) is 19.6 Å². The molecule has 0 unspecified atom stereocenters. The van der Waals surface area contributed by atoms with E-state index in [2.05, 4.69) is 20.1 Å². The molecule has 0 fully saturated rings. The number of benzene rings is 2. The molecule has 0 saturated carbocycles. The zero-order chi connectivity index (χ0) is 22.6. The van der Waals surface area contributed by atoms with Crippen molar-refractivity contribution in [3.05, 3.63) is 70.3 Å². The molecule has 1 amide bonds. The SMILES string of the molecule is CCCS(=O)(=O)Nc1cccc(NC(=O)c2ccc(-n3cncn3)c([N+](=O)[O-])c2)c1C. The zero-order valence-electron chi connectivity index (χ0n) is 16.8. The van der Waals surface area contributed by atoms with Crippen LogP contribution in [0.1, 0.15) is 29.3 Å². The molecule has 0 aliphatic rings. The van der Waals surface area contributed by atoms with Crippen molar-refractivity contribution in [1.82, 2.24) is 14.8 Å². The maximum atomic E-state index is 12.7. The fourth-order valence-electron chi connectivity index (χ4n) is 2.90. The van der Waals surface area contributed by atoms with E-state index in [1.54, 1.807) is 32.0 Å². The normalized spacial score (nSPS) is 11.2. The molecule has 0 aliphatic carbocycles. The molecule has 0 saturated heterocycles. The van der Waals surface area contributed by atoms with Crippen molar-refractivity contribution in [3.63, 3.8) is 0 Å². The number of amides is 1. The average Bonchev–Trinajstić information content (AvgIpc) is 3.25. The van der Waals surface area contributed by atoms with E-state index in [9.17, 15) is 23.3 Å². The predicted molar refractivity (Wildman–Crippen MR) is 115 cm³/mol. The van der Waals surface area contributed by atoms with E-state index >= 15 is 0 Å². The van der Waals surface area contributed by atoms with Gasteiger partial charge in [-0.2, -0.15) is 5.10 Å². The van der Waals surface area contributed by atoms with E-state index in [1.807, 2.05) is 0 Å². The summed E-state index contributed by atoms with van der Waals surface area (Å²) >= 11 is 0. The smallest absolute Gasteiger partial charge is 0.295 e. The van der Waals surface area contributed by atoms with E-state index in [0.717, 1.165) is 6.07 Å². The number of carbonyl (C=O) groups is 1. The first-order valence-electron chi connectivity index (χ1n) is 9.26. The van der Waals surface area contributed by atoms with Crippen LogP contribution in [0.3, 0.4) is 0 Å². The topological polar surface area (TPSA) is 149 Å². The number of carbonyl (C=O) groups excluding carboxylic acids is 1. The van der Waals surface area contributed by atoms with E-state index in [1.165, 1.54) is 29.5 Å². The minimum atomic E-state index is -3.50. The predicted octanol–water partition coefficient (Wildman–Crippen LogP) is 2.89. The van der Waals surface area contributed by atoms with Crippen LogP contribution >= 0.6 is 0 Å². The molecule has 12 heteroatoms. The van der Waals surface area contributed by atoms with Gasteiger partial charge in [0, 0.05) is 17.3 Å². The third-order valence-corrected chi connectivity index (χ3v) is 5.90. The molecule has 2 aromatic carbocycles. The van der Waals surface area contributed by atoms with Crippen LogP contribution in [-0.4, -0.2) is 39.8 Å². The van der Waals surface area contributed by atoms with Crippen LogP contribution in [0, 0.1) is 17.0 Å². The lowest BCUT2D eigenvalue weighted by atomic mass is 10.1. The van der Waals surface area contributed by atoms with Gasteiger partial charge in [0.15, 0.2) is 0 Å². The van der Waals surface area contributed by atoms with Crippen LogP contribution in [0.2, 0.25) is 0 Å². The molecule has 162 valence electrons. The molecule has 0 spiro atoms. The van der Waals surface area contributed by atoms with Gasteiger partial charge in [0.25, 0.3) is 11.6 Å². The van der Waals surface area contributed by atoms with Gasteiger partial charge in [-0.25, -0.2) is 18.1 Å². The van der Waals surface area contributed by atoms with E-state index in [4.69, 9.17) is 0 Å². The Morgan fingerprint density at radius 3 is 2.61 bits per heavy atom. The summed E-state index contributed by atoms with van der Waals surface area (Å²) in [5, 5.41) is 18.0. The van der Waals surface area contributed by atoms with Crippen LogP contribution in [0.4, 0.5) is 17.1 Å². The summed E-state index contributed by atoms with van der Waals surface area (Å²) in [4.78, 5) is 27.4. The molecule has 3 aromatic rings. The van der Waals surface area contributed by atoms with Gasteiger partial charge in [-0.15, -0.1) is 0 Å².